The second kappa shape index (κ2) is 11.0. The molecule has 0 aliphatic heterocycles. The molecule has 36 heavy (non-hydrogen) atoms. The lowest BCUT2D eigenvalue weighted by Gasteiger charge is -2.12. The quantitative estimate of drug-likeness (QED) is 0.247. The molecular weight excluding hydrogens is 532 g/mol. The number of amides is 1. The Balaban J connectivity index is 1.46. The maximum atomic E-state index is 13.6. The normalized spacial score (nSPS) is 13.9. The van der Waals surface area contributed by atoms with Crippen molar-refractivity contribution in [3.05, 3.63) is 92.0 Å². The highest BCUT2D eigenvalue weighted by Crippen LogP contribution is 2.39. The van der Waals surface area contributed by atoms with Crippen molar-refractivity contribution in [1.82, 2.24) is 0 Å². The molecule has 2 aromatic carbocycles. The van der Waals surface area contributed by atoms with Gasteiger partial charge in [-0.15, -0.1) is 11.3 Å². The Morgan fingerprint density at radius 1 is 0.972 bits per heavy atom. The van der Waals surface area contributed by atoms with Crippen molar-refractivity contribution in [1.29, 1.82) is 0 Å². The highest BCUT2D eigenvalue weighted by molar-refractivity contribution is 9.10. The number of furan rings is 1. The molecule has 184 valence electrons. The molecule has 0 saturated heterocycles. The third kappa shape index (κ3) is 5.71. The average molecular weight is 562 g/mol. The largest absolute Gasteiger partial charge is 0.455 e. The number of benzene rings is 2. The molecule has 6 heteroatoms. The van der Waals surface area contributed by atoms with Crippen molar-refractivity contribution >= 4 is 50.1 Å². The topological polar surface area (TPSA) is 54.6 Å². The van der Waals surface area contributed by atoms with Crippen LogP contribution in [0.25, 0.3) is 11.3 Å². The number of aliphatic imine (C=N–C) groups is 1. The Labute approximate surface area is 224 Å². The van der Waals surface area contributed by atoms with Crippen LogP contribution in [0.1, 0.15) is 63.4 Å². The van der Waals surface area contributed by atoms with E-state index in [1.807, 2.05) is 62.4 Å². The highest BCUT2D eigenvalue weighted by atomic mass is 79.9. The van der Waals surface area contributed by atoms with Crippen molar-refractivity contribution in [2.75, 3.05) is 5.32 Å². The van der Waals surface area contributed by atoms with E-state index < -0.39 is 0 Å². The fraction of sp³-hybridized carbons (Fsp3) is 0.267. The van der Waals surface area contributed by atoms with E-state index in [9.17, 15) is 4.79 Å². The number of nitrogens with one attached hydrogen (secondary N) is 1. The summed E-state index contributed by atoms with van der Waals surface area (Å²) < 4.78 is 7.06. The van der Waals surface area contributed by atoms with E-state index in [1.165, 1.54) is 23.3 Å². The number of halogens is 1. The molecule has 2 aromatic heterocycles. The monoisotopic (exact) mass is 560 g/mol. The molecule has 0 unspecified atom stereocenters. The molecule has 1 aliphatic rings. The van der Waals surface area contributed by atoms with Crippen LogP contribution in [-0.4, -0.2) is 12.1 Å². The molecule has 1 amide bonds. The summed E-state index contributed by atoms with van der Waals surface area (Å²) in [5.41, 5.74) is 5.97. The summed E-state index contributed by atoms with van der Waals surface area (Å²) in [6, 6.07) is 18.0. The first kappa shape index (κ1) is 24.7. The number of anilines is 1. The molecule has 0 radical (unpaired) electrons. The smallest absolute Gasteiger partial charge is 0.259 e. The molecule has 0 saturated carbocycles. The number of nitrogens with zero attached hydrogens (tertiary/aromatic N) is 1. The van der Waals surface area contributed by atoms with Gasteiger partial charge in [0, 0.05) is 20.6 Å². The molecule has 5 rings (SSSR count). The third-order valence-electron chi connectivity index (χ3n) is 6.42. The molecule has 2 heterocycles. The molecule has 4 aromatic rings. The van der Waals surface area contributed by atoms with Crippen LogP contribution in [0, 0.1) is 13.8 Å². The summed E-state index contributed by atoms with van der Waals surface area (Å²) >= 11 is 5.12. The molecule has 1 aliphatic carbocycles. The first-order valence-electron chi connectivity index (χ1n) is 12.4. The lowest BCUT2D eigenvalue weighted by molar-refractivity contribution is 0.102. The highest BCUT2D eigenvalue weighted by Gasteiger charge is 2.24. The van der Waals surface area contributed by atoms with Crippen molar-refractivity contribution in [3.63, 3.8) is 0 Å². The third-order valence-corrected chi connectivity index (χ3v) is 8.15. The van der Waals surface area contributed by atoms with Gasteiger partial charge in [0.1, 0.15) is 16.5 Å². The van der Waals surface area contributed by atoms with Gasteiger partial charge in [-0.2, -0.15) is 0 Å². The molecule has 4 nitrogen and oxygen atoms in total. The Morgan fingerprint density at radius 3 is 2.44 bits per heavy atom. The Morgan fingerprint density at radius 2 is 1.69 bits per heavy atom. The summed E-state index contributed by atoms with van der Waals surface area (Å²) in [4.78, 5) is 19.7. The van der Waals surface area contributed by atoms with E-state index in [-0.39, 0.29) is 5.91 Å². The minimum Gasteiger partial charge on any atom is -0.455 e. The van der Waals surface area contributed by atoms with Crippen LogP contribution < -0.4 is 5.32 Å². The number of aryl methyl sites for hydroxylation is 3. The summed E-state index contributed by atoms with van der Waals surface area (Å²) in [6.07, 6.45) is 8.37. The van der Waals surface area contributed by atoms with Crippen molar-refractivity contribution in [3.8, 4) is 11.3 Å². The second-order valence-electron chi connectivity index (χ2n) is 9.40. The van der Waals surface area contributed by atoms with Gasteiger partial charge in [-0.1, -0.05) is 47.0 Å². The number of carbonyl (C=O) groups is 1. The minimum atomic E-state index is -0.0831. The fourth-order valence-electron chi connectivity index (χ4n) is 4.78. The number of fused-ring (bicyclic) bond motifs is 1. The summed E-state index contributed by atoms with van der Waals surface area (Å²) in [5, 5.41) is 3.90. The molecule has 0 bridgehead atoms. The van der Waals surface area contributed by atoms with Gasteiger partial charge in [0.2, 0.25) is 0 Å². The average Bonchev–Trinajstić information content (AvgIpc) is 3.42. The number of hydrogen-bond donors (Lipinski definition) is 1. The van der Waals surface area contributed by atoms with Gasteiger partial charge >= 0.3 is 0 Å². The second-order valence-corrected chi connectivity index (χ2v) is 11.4. The van der Waals surface area contributed by atoms with E-state index in [0.717, 1.165) is 63.3 Å². The Hall–Kier alpha value is -2.96. The van der Waals surface area contributed by atoms with Gasteiger partial charge in [-0.25, -0.2) is 4.99 Å². The van der Waals surface area contributed by atoms with E-state index in [4.69, 9.17) is 9.41 Å². The first-order valence-corrected chi connectivity index (χ1v) is 14.0. The maximum Gasteiger partial charge on any atom is 0.259 e. The molecule has 0 spiro atoms. The summed E-state index contributed by atoms with van der Waals surface area (Å²) in [7, 11) is 0. The molecule has 1 N–H and O–H groups in total. The lowest BCUT2D eigenvalue weighted by atomic mass is 9.96. The van der Waals surface area contributed by atoms with E-state index in [1.54, 1.807) is 17.6 Å². The fourth-order valence-corrected chi connectivity index (χ4v) is 6.28. The summed E-state index contributed by atoms with van der Waals surface area (Å²) in [6.45, 7) is 4.09. The number of rotatable bonds is 5. The van der Waals surface area contributed by atoms with Crippen LogP contribution in [0.4, 0.5) is 10.7 Å². The van der Waals surface area contributed by atoms with E-state index >= 15 is 0 Å². The van der Waals surface area contributed by atoms with Crippen LogP contribution in [0.3, 0.4) is 0 Å². The van der Waals surface area contributed by atoms with Crippen molar-refractivity contribution < 1.29 is 9.21 Å². The molecule has 0 fully saturated rings. The van der Waals surface area contributed by atoms with Gasteiger partial charge in [0.05, 0.1) is 11.8 Å². The van der Waals surface area contributed by atoms with Gasteiger partial charge in [-0.05, 0) is 92.6 Å². The van der Waals surface area contributed by atoms with E-state index in [0.29, 0.717) is 11.3 Å². The predicted molar refractivity (Wildman–Crippen MR) is 153 cm³/mol. The van der Waals surface area contributed by atoms with Gasteiger partial charge in [0.25, 0.3) is 5.91 Å². The Bertz CT molecular complexity index is 1400. The standard InChI is InChI=1S/C30H29BrN2O2S/c1-19-15-20(2)17-23(16-19)33-29(34)28-25-7-5-3-4-6-8-27(25)36-30(28)32-18-24-13-14-26(35-24)21-9-11-22(31)12-10-21/h9-18H,3-8H2,1-2H3,(H,33,34). The van der Waals surface area contributed by atoms with Crippen molar-refractivity contribution in [2.45, 2.75) is 52.4 Å². The van der Waals surface area contributed by atoms with Gasteiger partial charge in [0.15, 0.2) is 0 Å². The van der Waals surface area contributed by atoms with E-state index in [2.05, 4.69) is 27.3 Å². The van der Waals surface area contributed by atoms with Crippen LogP contribution in [0.15, 0.2) is 68.5 Å². The zero-order valence-electron chi connectivity index (χ0n) is 20.6. The maximum absolute atomic E-state index is 13.6. The lowest BCUT2D eigenvalue weighted by Crippen LogP contribution is -2.14. The van der Waals surface area contributed by atoms with Gasteiger partial charge in [-0.3, -0.25) is 4.79 Å². The minimum absolute atomic E-state index is 0.0831. The SMILES string of the molecule is Cc1cc(C)cc(NC(=O)c2c(N=Cc3ccc(-c4ccc(Br)cc4)o3)sc3c2CCCCCC3)c1. The Kier molecular flexibility index (Phi) is 7.54. The van der Waals surface area contributed by atoms with Crippen LogP contribution in [-0.2, 0) is 12.8 Å². The van der Waals surface area contributed by atoms with Crippen LogP contribution in [0.2, 0.25) is 0 Å². The zero-order chi connectivity index (χ0) is 25.1. The van der Waals surface area contributed by atoms with Crippen molar-refractivity contribution in [2.24, 2.45) is 4.99 Å². The van der Waals surface area contributed by atoms with Crippen LogP contribution >= 0.6 is 27.3 Å². The molecule has 0 atom stereocenters. The number of carbonyl (C=O) groups excluding carboxylic acids is 1. The van der Waals surface area contributed by atoms with Crippen LogP contribution in [0.5, 0.6) is 0 Å². The molecular formula is C30H29BrN2O2S. The van der Waals surface area contributed by atoms with Gasteiger partial charge < -0.3 is 9.73 Å². The zero-order valence-corrected chi connectivity index (χ0v) is 23.0. The first-order chi connectivity index (χ1) is 17.5. The summed E-state index contributed by atoms with van der Waals surface area (Å²) in [5.74, 6) is 1.37. The number of thiophene rings is 1. The predicted octanol–water partition coefficient (Wildman–Crippen LogP) is 9.05. The number of hydrogen-bond acceptors (Lipinski definition) is 4.